The van der Waals surface area contributed by atoms with Crippen LogP contribution in [0.5, 0.6) is 0 Å². The van der Waals surface area contributed by atoms with Crippen molar-refractivity contribution >= 4 is 66.1 Å². The molecule has 1 nitrogen and oxygen atoms in total. The van der Waals surface area contributed by atoms with Crippen LogP contribution in [0.15, 0.2) is 140 Å². The number of fused-ring (bicyclic) bond motifs is 7. The Balaban J connectivity index is 1.68. The van der Waals surface area contributed by atoms with Crippen molar-refractivity contribution in [3.05, 3.63) is 140 Å². The first-order valence-electron chi connectivity index (χ1n) is 12.2. The second kappa shape index (κ2) is 8.19. The summed E-state index contributed by atoms with van der Waals surface area (Å²) in [4.78, 5) is 0. The summed E-state index contributed by atoms with van der Waals surface area (Å²) < 4.78 is 15.4. The summed E-state index contributed by atoms with van der Waals surface area (Å²) in [6.45, 7) is 0. The monoisotopic (exact) mass is 478 g/mol. The van der Waals surface area contributed by atoms with Gasteiger partial charge in [-0.15, -0.1) is 0 Å². The maximum atomic E-state index is 15.4. The Morgan fingerprint density at radius 1 is 0.389 bits per heavy atom. The molecular weight excluding hydrogens is 455 g/mol. The number of hydrogen-bond acceptors (Lipinski definition) is 1. The molecule has 0 atom stereocenters. The van der Waals surface area contributed by atoms with Crippen LogP contribution in [-0.4, -0.2) is 0 Å². The summed E-state index contributed by atoms with van der Waals surface area (Å²) in [5.41, 5.74) is 0. The molecule has 0 aliphatic heterocycles. The van der Waals surface area contributed by atoms with E-state index in [1.165, 1.54) is 26.9 Å². The second-order valence-electron chi connectivity index (χ2n) is 9.27. The zero-order valence-corrected chi connectivity index (χ0v) is 20.5. The first-order valence-corrected chi connectivity index (χ1v) is 13.9. The third kappa shape index (κ3) is 3.07. The van der Waals surface area contributed by atoms with Crippen LogP contribution in [0.1, 0.15) is 0 Å². The molecule has 0 saturated carbocycles. The molecule has 0 fully saturated rings. The highest BCUT2D eigenvalue weighted by Gasteiger charge is 2.32. The molecule has 36 heavy (non-hydrogen) atoms. The first-order chi connectivity index (χ1) is 17.7. The quantitative estimate of drug-likeness (QED) is 0.186. The molecule has 0 aromatic heterocycles. The maximum Gasteiger partial charge on any atom is 0.171 e. The van der Waals surface area contributed by atoms with E-state index in [9.17, 15) is 0 Å². The van der Waals surface area contributed by atoms with E-state index in [1.807, 2.05) is 60.7 Å². The molecule has 7 aromatic carbocycles. The van der Waals surface area contributed by atoms with E-state index in [0.717, 1.165) is 32.1 Å². The lowest BCUT2D eigenvalue weighted by Gasteiger charge is -2.23. The van der Waals surface area contributed by atoms with Crippen molar-refractivity contribution in [2.75, 3.05) is 0 Å². The summed E-state index contributed by atoms with van der Waals surface area (Å²) in [7, 11) is -3.13. The van der Waals surface area contributed by atoms with Crippen molar-refractivity contribution < 1.29 is 4.57 Å². The Bertz CT molecular complexity index is 1910. The normalized spacial score (nSPS) is 12.0. The molecule has 0 heterocycles. The maximum absolute atomic E-state index is 15.4. The summed E-state index contributed by atoms with van der Waals surface area (Å²) in [6.07, 6.45) is 0. The largest absolute Gasteiger partial charge is 0.309 e. The molecule has 7 rings (SSSR count). The van der Waals surface area contributed by atoms with Gasteiger partial charge in [-0.1, -0.05) is 133 Å². The van der Waals surface area contributed by atoms with E-state index in [2.05, 4.69) is 78.9 Å². The minimum atomic E-state index is -3.13. The van der Waals surface area contributed by atoms with Gasteiger partial charge in [0.05, 0.1) is 0 Å². The molecule has 0 bridgehead atoms. The Hall–Kier alpha value is -4.19. The van der Waals surface area contributed by atoms with Crippen LogP contribution in [0, 0.1) is 0 Å². The fourth-order valence-corrected chi connectivity index (χ4v) is 8.53. The number of hydrogen-bond donors (Lipinski definition) is 0. The smallest absolute Gasteiger partial charge is 0.171 e. The van der Waals surface area contributed by atoms with Crippen molar-refractivity contribution in [2.45, 2.75) is 0 Å². The predicted octanol–water partition coefficient (Wildman–Crippen LogP) is 7.94. The zero-order valence-electron chi connectivity index (χ0n) is 19.6. The SMILES string of the molecule is O=P(c1ccccc1)(c1ccccc1)c1cc2ccc3ccc4ccccc4c3c2c2ccccc12. The topological polar surface area (TPSA) is 17.1 Å². The van der Waals surface area contributed by atoms with Gasteiger partial charge >= 0.3 is 0 Å². The third-order valence-electron chi connectivity index (χ3n) is 7.29. The first kappa shape index (κ1) is 21.1. The van der Waals surface area contributed by atoms with Crippen LogP contribution < -0.4 is 15.9 Å². The molecule has 0 aliphatic carbocycles. The van der Waals surface area contributed by atoms with Crippen LogP contribution in [0.25, 0.3) is 43.1 Å². The molecular formula is C34H23OP. The predicted molar refractivity (Wildman–Crippen MR) is 156 cm³/mol. The van der Waals surface area contributed by atoms with Crippen molar-refractivity contribution in [2.24, 2.45) is 0 Å². The highest BCUT2D eigenvalue weighted by Crippen LogP contribution is 2.46. The molecule has 0 N–H and O–H groups in total. The van der Waals surface area contributed by atoms with Gasteiger partial charge in [0.15, 0.2) is 7.14 Å². The third-order valence-corrected chi connectivity index (χ3v) is 10.4. The minimum Gasteiger partial charge on any atom is -0.309 e. The fraction of sp³-hybridized carbons (Fsp3) is 0. The highest BCUT2D eigenvalue weighted by molar-refractivity contribution is 7.85. The van der Waals surface area contributed by atoms with Gasteiger partial charge in [-0.05, 0) is 49.2 Å². The van der Waals surface area contributed by atoms with Crippen LogP contribution in [0.2, 0.25) is 0 Å². The molecule has 0 radical (unpaired) electrons. The molecule has 170 valence electrons. The van der Waals surface area contributed by atoms with E-state index in [0.29, 0.717) is 0 Å². The van der Waals surface area contributed by atoms with Gasteiger partial charge in [0.25, 0.3) is 0 Å². The Labute approximate surface area is 210 Å². The van der Waals surface area contributed by atoms with Gasteiger partial charge in [0.1, 0.15) is 0 Å². The molecule has 0 saturated heterocycles. The summed E-state index contributed by atoms with van der Waals surface area (Å²) in [5, 5.41) is 12.0. The molecule has 0 unspecified atom stereocenters. The van der Waals surface area contributed by atoms with Crippen LogP contribution in [0.3, 0.4) is 0 Å². The van der Waals surface area contributed by atoms with Crippen molar-refractivity contribution in [3.63, 3.8) is 0 Å². The lowest BCUT2D eigenvalue weighted by atomic mass is 9.93. The van der Waals surface area contributed by atoms with E-state index in [-0.39, 0.29) is 0 Å². The molecule has 0 amide bonds. The standard InChI is InChI=1S/C34H23OP/c35-36(27-12-3-1-4-13-27,28-14-5-2-6-15-28)32-23-26-22-21-25-20-19-24-11-7-8-16-29(24)33(25)34(26)31-18-10-9-17-30(31)32/h1-23H. The van der Waals surface area contributed by atoms with E-state index < -0.39 is 7.14 Å². The summed E-state index contributed by atoms with van der Waals surface area (Å²) in [6, 6.07) is 47.9. The van der Waals surface area contributed by atoms with Crippen molar-refractivity contribution in [1.29, 1.82) is 0 Å². The van der Waals surface area contributed by atoms with Gasteiger partial charge in [-0.25, -0.2) is 0 Å². The Morgan fingerprint density at radius 2 is 0.861 bits per heavy atom. The highest BCUT2D eigenvalue weighted by atomic mass is 31.2. The van der Waals surface area contributed by atoms with Gasteiger partial charge in [0, 0.05) is 15.9 Å². The van der Waals surface area contributed by atoms with Gasteiger partial charge in [0.2, 0.25) is 0 Å². The minimum absolute atomic E-state index is 0.854. The zero-order chi connectivity index (χ0) is 24.1. The molecule has 7 aromatic rings. The van der Waals surface area contributed by atoms with Crippen LogP contribution in [-0.2, 0) is 4.57 Å². The molecule has 0 spiro atoms. The van der Waals surface area contributed by atoms with Gasteiger partial charge < -0.3 is 4.57 Å². The van der Waals surface area contributed by atoms with Gasteiger partial charge in [-0.3, -0.25) is 0 Å². The Kier molecular flexibility index (Phi) is 4.81. The Morgan fingerprint density at radius 3 is 1.53 bits per heavy atom. The number of benzene rings is 7. The van der Waals surface area contributed by atoms with Crippen molar-refractivity contribution in [1.82, 2.24) is 0 Å². The lowest BCUT2D eigenvalue weighted by molar-refractivity contribution is 0.592. The van der Waals surface area contributed by atoms with Crippen LogP contribution in [0.4, 0.5) is 0 Å². The summed E-state index contributed by atoms with van der Waals surface area (Å²) >= 11 is 0. The van der Waals surface area contributed by atoms with Crippen molar-refractivity contribution in [3.8, 4) is 0 Å². The average molecular weight is 479 g/mol. The van der Waals surface area contributed by atoms with Crippen LogP contribution >= 0.6 is 7.14 Å². The summed E-state index contributed by atoms with van der Waals surface area (Å²) in [5.74, 6) is 0. The van der Waals surface area contributed by atoms with E-state index in [4.69, 9.17) is 0 Å². The van der Waals surface area contributed by atoms with E-state index in [1.54, 1.807) is 0 Å². The molecule has 2 heteroatoms. The lowest BCUT2D eigenvalue weighted by Crippen LogP contribution is -2.25. The fourth-order valence-electron chi connectivity index (χ4n) is 5.64. The van der Waals surface area contributed by atoms with Gasteiger partial charge in [-0.2, -0.15) is 0 Å². The average Bonchev–Trinajstić information content (AvgIpc) is 2.96. The van der Waals surface area contributed by atoms with E-state index >= 15 is 4.57 Å². The number of rotatable bonds is 3. The second-order valence-corrected chi connectivity index (χ2v) is 12.0. The molecule has 0 aliphatic rings.